The first-order valence-corrected chi connectivity index (χ1v) is 6.25. The van der Waals surface area contributed by atoms with Crippen molar-refractivity contribution in [2.75, 3.05) is 0 Å². The number of nitrogens with one attached hydrogen (secondary N) is 1. The first-order chi connectivity index (χ1) is 9.60. The predicted molar refractivity (Wildman–Crippen MR) is 70.9 cm³/mol. The standard InChI is InChI=1S/C14H17F2NO4/c1-14(2,3)21-13(20)17-10(12(18)19)7-8-5-4-6-9(15)11(8)16/h4-6,10H,7H2,1-3H3,(H,17,20)(H,18,19)/t10-/m1/s1. The number of hydrogen-bond acceptors (Lipinski definition) is 3. The number of hydrogen-bond donors (Lipinski definition) is 2. The van der Waals surface area contributed by atoms with Crippen LogP contribution in [0.4, 0.5) is 13.6 Å². The molecule has 2 N–H and O–H groups in total. The summed E-state index contributed by atoms with van der Waals surface area (Å²) in [6.07, 6.45) is -1.33. The largest absolute Gasteiger partial charge is 0.480 e. The molecule has 7 heteroatoms. The van der Waals surface area contributed by atoms with Crippen molar-refractivity contribution < 1.29 is 28.2 Å². The Morgan fingerprint density at radius 2 is 1.95 bits per heavy atom. The summed E-state index contributed by atoms with van der Waals surface area (Å²) in [7, 11) is 0. The minimum Gasteiger partial charge on any atom is -0.480 e. The molecule has 0 fully saturated rings. The molecule has 5 nitrogen and oxygen atoms in total. The molecular formula is C14H17F2NO4. The fourth-order valence-corrected chi connectivity index (χ4v) is 1.58. The first kappa shape index (κ1) is 16.9. The van der Waals surface area contributed by atoms with E-state index >= 15 is 0 Å². The normalized spacial score (nSPS) is 12.6. The second kappa shape index (κ2) is 6.51. The van der Waals surface area contributed by atoms with Gasteiger partial charge < -0.3 is 15.2 Å². The smallest absolute Gasteiger partial charge is 0.408 e. The van der Waals surface area contributed by atoms with Crippen molar-refractivity contribution in [3.05, 3.63) is 35.4 Å². The van der Waals surface area contributed by atoms with Crippen molar-refractivity contribution in [1.29, 1.82) is 0 Å². The third-order valence-electron chi connectivity index (χ3n) is 2.44. The van der Waals surface area contributed by atoms with E-state index < -0.39 is 41.8 Å². The molecule has 1 rings (SSSR count). The molecule has 0 aliphatic heterocycles. The Bertz CT molecular complexity index is 540. The molecule has 116 valence electrons. The molecule has 0 aromatic heterocycles. The minimum absolute atomic E-state index is 0.140. The maximum absolute atomic E-state index is 13.5. The Kier molecular flexibility index (Phi) is 5.23. The average molecular weight is 301 g/mol. The van der Waals surface area contributed by atoms with E-state index in [2.05, 4.69) is 5.32 Å². The lowest BCUT2D eigenvalue weighted by molar-refractivity contribution is -0.139. The molecule has 0 unspecified atom stereocenters. The molecule has 0 aliphatic rings. The van der Waals surface area contributed by atoms with Gasteiger partial charge in [0, 0.05) is 6.42 Å². The Hall–Kier alpha value is -2.18. The van der Waals surface area contributed by atoms with Gasteiger partial charge in [0.15, 0.2) is 11.6 Å². The van der Waals surface area contributed by atoms with E-state index in [1.165, 1.54) is 12.1 Å². The highest BCUT2D eigenvalue weighted by Gasteiger charge is 2.25. The molecule has 21 heavy (non-hydrogen) atoms. The number of amides is 1. The van der Waals surface area contributed by atoms with Gasteiger partial charge in [-0.3, -0.25) is 0 Å². The fraction of sp³-hybridized carbons (Fsp3) is 0.429. The Morgan fingerprint density at radius 3 is 2.48 bits per heavy atom. The monoisotopic (exact) mass is 301 g/mol. The number of carbonyl (C=O) groups excluding carboxylic acids is 1. The van der Waals surface area contributed by atoms with Crippen LogP contribution in [0, 0.1) is 11.6 Å². The zero-order valence-electron chi connectivity index (χ0n) is 11.9. The lowest BCUT2D eigenvalue weighted by Gasteiger charge is -2.22. The Morgan fingerprint density at radius 1 is 1.33 bits per heavy atom. The first-order valence-electron chi connectivity index (χ1n) is 6.25. The molecule has 1 amide bonds. The molecule has 1 aromatic carbocycles. The Labute approximate surface area is 120 Å². The summed E-state index contributed by atoms with van der Waals surface area (Å²) in [4.78, 5) is 22.7. The summed E-state index contributed by atoms with van der Waals surface area (Å²) in [5.74, 6) is -3.58. The molecule has 0 aliphatic carbocycles. The number of benzene rings is 1. The van der Waals surface area contributed by atoms with Crippen LogP contribution in [0.25, 0.3) is 0 Å². The summed E-state index contributed by atoms with van der Waals surface area (Å²) in [6, 6.07) is 2.03. The molecule has 0 saturated carbocycles. The van der Waals surface area contributed by atoms with E-state index in [0.717, 1.165) is 6.07 Å². The average Bonchev–Trinajstić information content (AvgIpc) is 2.31. The lowest BCUT2D eigenvalue weighted by Crippen LogP contribution is -2.44. The van der Waals surface area contributed by atoms with Gasteiger partial charge in [-0.15, -0.1) is 0 Å². The molecule has 0 bridgehead atoms. The molecule has 0 radical (unpaired) electrons. The zero-order valence-corrected chi connectivity index (χ0v) is 11.9. The van der Waals surface area contributed by atoms with Gasteiger partial charge in [0.05, 0.1) is 0 Å². The highest BCUT2D eigenvalue weighted by atomic mass is 19.2. The number of carboxylic acids is 1. The van der Waals surface area contributed by atoms with Gasteiger partial charge in [-0.25, -0.2) is 18.4 Å². The number of rotatable bonds is 4. The highest BCUT2D eigenvalue weighted by Crippen LogP contribution is 2.14. The van der Waals surface area contributed by atoms with Crippen LogP contribution >= 0.6 is 0 Å². The van der Waals surface area contributed by atoms with Crippen LogP contribution in [0.15, 0.2) is 18.2 Å². The number of ether oxygens (including phenoxy) is 1. The van der Waals surface area contributed by atoms with Crippen LogP contribution in [0.1, 0.15) is 26.3 Å². The highest BCUT2D eigenvalue weighted by molar-refractivity contribution is 5.80. The number of halogens is 2. The molecular weight excluding hydrogens is 284 g/mol. The molecule has 1 aromatic rings. The predicted octanol–water partition coefficient (Wildman–Crippen LogP) is 2.49. The molecule has 0 spiro atoms. The summed E-state index contributed by atoms with van der Waals surface area (Å²) >= 11 is 0. The SMILES string of the molecule is CC(C)(C)OC(=O)N[C@H](Cc1cccc(F)c1F)C(=O)O. The van der Waals surface area contributed by atoms with Gasteiger partial charge in [-0.1, -0.05) is 12.1 Å². The van der Waals surface area contributed by atoms with Gasteiger partial charge in [0.1, 0.15) is 11.6 Å². The van der Waals surface area contributed by atoms with Crippen LogP contribution in [0.2, 0.25) is 0 Å². The fourth-order valence-electron chi connectivity index (χ4n) is 1.58. The summed E-state index contributed by atoms with van der Waals surface area (Å²) in [5, 5.41) is 11.2. The van der Waals surface area contributed by atoms with E-state index in [1.807, 2.05) is 0 Å². The number of carbonyl (C=O) groups is 2. The molecule has 1 atom stereocenters. The van der Waals surface area contributed by atoms with Crippen LogP contribution in [-0.4, -0.2) is 28.8 Å². The van der Waals surface area contributed by atoms with Crippen molar-refractivity contribution in [3.63, 3.8) is 0 Å². The number of alkyl carbamates (subject to hydrolysis) is 1. The van der Waals surface area contributed by atoms with Crippen molar-refractivity contribution >= 4 is 12.1 Å². The van der Waals surface area contributed by atoms with Gasteiger partial charge in [0.2, 0.25) is 0 Å². The lowest BCUT2D eigenvalue weighted by atomic mass is 10.1. The van der Waals surface area contributed by atoms with Crippen LogP contribution < -0.4 is 5.32 Å². The van der Waals surface area contributed by atoms with Crippen LogP contribution in [0.3, 0.4) is 0 Å². The topological polar surface area (TPSA) is 75.6 Å². The van der Waals surface area contributed by atoms with Gasteiger partial charge in [-0.2, -0.15) is 0 Å². The minimum atomic E-state index is -1.42. The third kappa shape index (κ3) is 5.37. The van der Waals surface area contributed by atoms with Gasteiger partial charge in [0.25, 0.3) is 0 Å². The van der Waals surface area contributed by atoms with E-state index in [4.69, 9.17) is 9.84 Å². The number of carboxylic acid groups (broad SMARTS) is 1. The van der Waals surface area contributed by atoms with Crippen LogP contribution in [0.5, 0.6) is 0 Å². The van der Waals surface area contributed by atoms with Gasteiger partial charge in [-0.05, 0) is 32.4 Å². The van der Waals surface area contributed by atoms with Gasteiger partial charge >= 0.3 is 12.1 Å². The molecule has 0 saturated heterocycles. The van der Waals surface area contributed by atoms with Crippen molar-refractivity contribution in [1.82, 2.24) is 5.32 Å². The van der Waals surface area contributed by atoms with E-state index in [0.29, 0.717) is 0 Å². The van der Waals surface area contributed by atoms with Crippen molar-refractivity contribution in [2.24, 2.45) is 0 Å². The maximum atomic E-state index is 13.5. The van der Waals surface area contributed by atoms with Crippen molar-refractivity contribution in [2.45, 2.75) is 38.8 Å². The maximum Gasteiger partial charge on any atom is 0.408 e. The van der Waals surface area contributed by atoms with E-state index in [-0.39, 0.29) is 5.56 Å². The Balaban J connectivity index is 2.82. The van der Waals surface area contributed by atoms with E-state index in [9.17, 15) is 18.4 Å². The molecule has 0 heterocycles. The number of aliphatic carboxylic acids is 1. The second-order valence-electron chi connectivity index (χ2n) is 5.45. The summed E-state index contributed by atoms with van der Waals surface area (Å²) in [6.45, 7) is 4.86. The quantitative estimate of drug-likeness (QED) is 0.896. The van der Waals surface area contributed by atoms with Crippen molar-refractivity contribution in [3.8, 4) is 0 Å². The van der Waals surface area contributed by atoms with E-state index in [1.54, 1.807) is 20.8 Å². The zero-order chi connectivity index (χ0) is 16.2. The summed E-state index contributed by atoms with van der Waals surface area (Å²) in [5.41, 5.74) is -0.935. The third-order valence-corrected chi connectivity index (χ3v) is 2.44. The van der Waals surface area contributed by atoms with Crippen LogP contribution in [-0.2, 0) is 16.0 Å². The second-order valence-corrected chi connectivity index (χ2v) is 5.45. The summed E-state index contributed by atoms with van der Waals surface area (Å²) < 4.78 is 31.5.